The van der Waals surface area contributed by atoms with Crippen LogP contribution < -0.4 is 16.4 Å². The highest BCUT2D eigenvalue weighted by atomic mass is 16.1. The standard InChI is InChI=1S/C20H23N5O/c1-3-17-24-18-14(19(21)26)10-7-11-15(18)20(25-17)23-16(12-22-2)13-8-5-4-6-9-13/h4-11,16,22H,3,12H2,1-2H3,(H2,21,26)(H,23,24,25)/t16-/m1/s1. The maximum Gasteiger partial charge on any atom is 0.250 e. The fourth-order valence-corrected chi connectivity index (χ4v) is 2.97. The first-order valence-corrected chi connectivity index (χ1v) is 8.69. The summed E-state index contributed by atoms with van der Waals surface area (Å²) in [5.74, 6) is 0.890. The van der Waals surface area contributed by atoms with Crippen LogP contribution in [0.25, 0.3) is 10.9 Å². The summed E-state index contributed by atoms with van der Waals surface area (Å²) in [6.07, 6.45) is 0.666. The van der Waals surface area contributed by atoms with Crippen molar-refractivity contribution in [2.24, 2.45) is 5.73 Å². The molecule has 6 heteroatoms. The van der Waals surface area contributed by atoms with Crippen LogP contribution in [0.2, 0.25) is 0 Å². The number of anilines is 1. The van der Waals surface area contributed by atoms with Crippen LogP contribution in [0.3, 0.4) is 0 Å². The highest BCUT2D eigenvalue weighted by Gasteiger charge is 2.17. The van der Waals surface area contributed by atoms with E-state index in [0.29, 0.717) is 29.1 Å². The number of rotatable bonds is 7. The Labute approximate surface area is 152 Å². The van der Waals surface area contributed by atoms with Gasteiger partial charge in [0.1, 0.15) is 11.6 Å². The van der Waals surface area contributed by atoms with Gasteiger partial charge < -0.3 is 16.4 Å². The zero-order valence-corrected chi connectivity index (χ0v) is 15.0. The van der Waals surface area contributed by atoms with Crippen molar-refractivity contribution in [2.75, 3.05) is 18.9 Å². The topological polar surface area (TPSA) is 92.9 Å². The lowest BCUT2D eigenvalue weighted by atomic mass is 10.1. The quantitative estimate of drug-likeness (QED) is 0.610. The molecule has 0 aliphatic carbocycles. The molecule has 0 unspecified atom stereocenters. The van der Waals surface area contributed by atoms with Gasteiger partial charge in [0.2, 0.25) is 0 Å². The predicted octanol–water partition coefficient (Wildman–Crippen LogP) is 2.66. The van der Waals surface area contributed by atoms with Gasteiger partial charge in [-0.15, -0.1) is 0 Å². The molecule has 0 saturated heterocycles. The van der Waals surface area contributed by atoms with E-state index < -0.39 is 5.91 Å². The monoisotopic (exact) mass is 349 g/mol. The minimum absolute atomic E-state index is 0.0289. The van der Waals surface area contributed by atoms with Crippen LogP contribution in [0.15, 0.2) is 48.5 Å². The number of fused-ring (bicyclic) bond motifs is 1. The van der Waals surface area contributed by atoms with Gasteiger partial charge in [0.15, 0.2) is 0 Å². The van der Waals surface area contributed by atoms with E-state index in [1.807, 2.05) is 38.2 Å². The van der Waals surface area contributed by atoms with Gasteiger partial charge in [-0.25, -0.2) is 9.97 Å². The number of nitrogens with one attached hydrogen (secondary N) is 2. The third-order valence-corrected chi connectivity index (χ3v) is 4.28. The van der Waals surface area contributed by atoms with Gasteiger partial charge in [0.25, 0.3) is 5.91 Å². The molecular formula is C20H23N5O. The number of nitrogens with zero attached hydrogens (tertiary/aromatic N) is 2. The summed E-state index contributed by atoms with van der Waals surface area (Å²) in [6, 6.07) is 15.6. The Balaban J connectivity index is 2.11. The molecule has 0 fully saturated rings. The number of carbonyl (C=O) groups excluding carboxylic acids is 1. The number of benzene rings is 2. The van der Waals surface area contributed by atoms with Crippen molar-refractivity contribution >= 4 is 22.6 Å². The van der Waals surface area contributed by atoms with E-state index in [4.69, 9.17) is 5.73 Å². The van der Waals surface area contributed by atoms with Gasteiger partial charge >= 0.3 is 0 Å². The molecule has 3 rings (SSSR count). The first-order valence-electron chi connectivity index (χ1n) is 8.69. The molecule has 0 spiro atoms. The molecule has 1 heterocycles. The van der Waals surface area contributed by atoms with Gasteiger partial charge in [-0.1, -0.05) is 43.3 Å². The van der Waals surface area contributed by atoms with Crippen molar-refractivity contribution < 1.29 is 4.79 Å². The minimum Gasteiger partial charge on any atom is -0.366 e. The second-order valence-electron chi connectivity index (χ2n) is 6.07. The molecule has 134 valence electrons. The Bertz CT molecular complexity index is 911. The van der Waals surface area contributed by atoms with Gasteiger partial charge in [-0.05, 0) is 24.7 Å². The summed E-state index contributed by atoms with van der Waals surface area (Å²) < 4.78 is 0. The van der Waals surface area contributed by atoms with Crippen molar-refractivity contribution in [3.63, 3.8) is 0 Å². The number of primary amides is 1. The molecule has 4 N–H and O–H groups in total. The van der Waals surface area contributed by atoms with Crippen LogP contribution in [0.5, 0.6) is 0 Å². The van der Waals surface area contributed by atoms with Crippen LogP contribution >= 0.6 is 0 Å². The number of aryl methyl sites for hydroxylation is 1. The van der Waals surface area contributed by atoms with Crippen molar-refractivity contribution in [3.05, 3.63) is 65.5 Å². The average Bonchev–Trinajstić information content (AvgIpc) is 2.67. The number of hydrogen-bond acceptors (Lipinski definition) is 5. The molecule has 0 saturated carbocycles. The SMILES string of the molecule is CCc1nc(N[C@H](CNC)c2ccccc2)c2cccc(C(N)=O)c2n1. The highest BCUT2D eigenvalue weighted by molar-refractivity contribution is 6.07. The number of carbonyl (C=O) groups is 1. The molecular weight excluding hydrogens is 326 g/mol. The van der Waals surface area contributed by atoms with Crippen LogP contribution in [0.1, 0.15) is 34.7 Å². The largest absolute Gasteiger partial charge is 0.366 e. The van der Waals surface area contributed by atoms with Gasteiger partial charge in [0, 0.05) is 18.4 Å². The van der Waals surface area contributed by atoms with Crippen molar-refractivity contribution in [1.82, 2.24) is 15.3 Å². The minimum atomic E-state index is -0.489. The average molecular weight is 349 g/mol. The summed E-state index contributed by atoms with van der Waals surface area (Å²) in [5, 5.41) is 7.51. The van der Waals surface area contributed by atoms with E-state index in [0.717, 1.165) is 17.5 Å². The number of amides is 1. The molecule has 1 aromatic heterocycles. The Morgan fingerprint density at radius 2 is 1.88 bits per heavy atom. The summed E-state index contributed by atoms with van der Waals surface area (Å²) in [6.45, 7) is 2.71. The van der Waals surface area contributed by atoms with Crippen molar-refractivity contribution in [1.29, 1.82) is 0 Å². The van der Waals surface area contributed by atoms with Crippen LogP contribution in [-0.2, 0) is 6.42 Å². The first kappa shape index (κ1) is 17.8. The summed E-state index contributed by atoms with van der Waals surface area (Å²) in [4.78, 5) is 21.0. The molecule has 1 atom stereocenters. The highest BCUT2D eigenvalue weighted by Crippen LogP contribution is 2.27. The van der Waals surface area contributed by atoms with Crippen LogP contribution in [0.4, 0.5) is 5.82 Å². The zero-order valence-electron chi connectivity index (χ0n) is 15.0. The summed E-state index contributed by atoms with van der Waals surface area (Å²) in [7, 11) is 1.92. The smallest absolute Gasteiger partial charge is 0.250 e. The molecule has 6 nitrogen and oxygen atoms in total. The lowest BCUT2D eigenvalue weighted by molar-refractivity contribution is 0.100. The number of hydrogen-bond donors (Lipinski definition) is 3. The van der Waals surface area contributed by atoms with E-state index in [9.17, 15) is 4.79 Å². The van der Waals surface area contributed by atoms with Crippen molar-refractivity contribution in [2.45, 2.75) is 19.4 Å². The van der Waals surface area contributed by atoms with Crippen molar-refractivity contribution in [3.8, 4) is 0 Å². The second kappa shape index (κ2) is 7.93. The van der Waals surface area contributed by atoms with E-state index in [1.54, 1.807) is 12.1 Å². The van der Waals surface area contributed by atoms with Gasteiger partial charge in [-0.2, -0.15) is 0 Å². The molecule has 0 radical (unpaired) electrons. The molecule has 0 aliphatic rings. The number of likely N-dealkylation sites (N-methyl/N-ethyl adjacent to an activating group) is 1. The second-order valence-corrected chi connectivity index (χ2v) is 6.07. The molecule has 2 aromatic carbocycles. The summed E-state index contributed by atoms with van der Waals surface area (Å²) in [5.41, 5.74) is 7.68. The molecule has 0 aliphatic heterocycles. The normalized spacial score (nSPS) is 12.1. The van der Waals surface area contributed by atoms with E-state index >= 15 is 0 Å². The Morgan fingerprint density at radius 1 is 1.12 bits per heavy atom. The molecule has 3 aromatic rings. The van der Waals surface area contributed by atoms with E-state index in [1.165, 1.54) is 0 Å². The maximum absolute atomic E-state index is 11.8. The van der Waals surface area contributed by atoms with E-state index in [-0.39, 0.29) is 6.04 Å². The fraction of sp³-hybridized carbons (Fsp3) is 0.250. The van der Waals surface area contributed by atoms with Crippen LogP contribution in [-0.4, -0.2) is 29.5 Å². The van der Waals surface area contributed by atoms with Crippen LogP contribution in [0, 0.1) is 0 Å². The Kier molecular flexibility index (Phi) is 5.43. The summed E-state index contributed by atoms with van der Waals surface area (Å²) >= 11 is 0. The predicted molar refractivity (Wildman–Crippen MR) is 104 cm³/mol. The first-order chi connectivity index (χ1) is 12.6. The zero-order chi connectivity index (χ0) is 18.5. The third-order valence-electron chi connectivity index (χ3n) is 4.28. The third kappa shape index (κ3) is 3.65. The number of para-hydroxylation sites is 1. The molecule has 0 bridgehead atoms. The lowest BCUT2D eigenvalue weighted by Gasteiger charge is -2.21. The number of aromatic nitrogens is 2. The molecule has 26 heavy (non-hydrogen) atoms. The number of nitrogens with two attached hydrogens (primary N) is 1. The lowest BCUT2D eigenvalue weighted by Crippen LogP contribution is -2.24. The fourth-order valence-electron chi connectivity index (χ4n) is 2.97. The molecule has 1 amide bonds. The van der Waals surface area contributed by atoms with Gasteiger partial charge in [0.05, 0.1) is 17.1 Å². The van der Waals surface area contributed by atoms with Gasteiger partial charge in [-0.3, -0.25) is 4.79 Å². The Morgan fingerprint density at radius 3 is 2.54 bits per heavy atom. The van der Waals surface area contributed by atoms with E-state index in [2.05, 4.69) is 32.7 Å². The maximum atomic E-state index is 11.8. The Hall–Kier alpha value is -2.99.